The maximum atomic E-state index is 5.84. The summed E-state index contributed by atoms with van der Waals surface area (Å²) in [7, 11) is 0. The summed E-state index contributed by atoms with van der Waals surface area (Å²) in [6.07, 6.45) is 9.93. The lowest BCUT2D eigenvalue weighted by Crippen LogP contribution is -2.70. The van der Waals surface area contributed by atoms with Gasteiger partial charge in [-0.2, -0.15) is 10.2 Å². The number of aromatic nitrogens is 5. The first-order valence-corrected chi connectivity index (χ1v) is 13.2. The second kappa shape index (κ2) is 7.87. The summed E-state index contributed by atoms with van der Waals surface area (Å²) in [5, 5.41) is 13.9. The largest absolute Gasteiger partial charge is 0.372 e. The zero-order chi connectivity index (χ0) is 23.7. The number of aromatic amines is 1. The molecule has 2 aliphatic heterocycles. The Morgan fingerprint density at radius 1 is 1.11 bits per heavy atom. The van der Waals surface area contributed by atoms with Crippen LogP contribution in [0.3, 0.4) is 0 Å². The number of nitrogens with one attached hydrogen (secondary N) is 1. The Labute approximate surface area is 205 Å². The zero-order valence-corrected chi connectivity index (χ0v) is 20.9. The maximum Gasteiger partial charge on any atom is 0.158 e. The first kappa shape index (κ1) is 21.5. The Kier molecular flexibility index (Phi) is 4.83. The second-order valence-corrected chi connectivity index (χ2v) is 11.4. The van der Waals surface area contributed by atoms with Crippen molar-refractivity contribution in [1.82, 2.24) is 29.7 Å². The van der Waals surface area contributed by atoms with Gasteiger partial charge in [-0.3, -0.25) is 10.00 Å². The van der Waals surface area contributed by atoms with Crippen molar-refractivity contribution in [1.29, 1.82) is 0 Å². The van der Waals surface area contributed by atoms with Crippen LogP contribution in [0.25, 0.3) is 27.7 Å². The summed E-state index contributed by atoms with van der Waals surface area (Å²) in [4.78, 5) is 7.04. The Balaban J connectivity index is 1.17. The lowest BCUT2D eigenvalue weighted by molar-refractivity contribution is -0.231. The monoisotopic (exact) mass is 470 g/mol. The SMILES string of the molecule is Cc1cc(-c2cc3[nH]nc(C4CCC(N5CC6(CCO6)C5)CC4)c3cc2C(C)C)cn2ncnc12. The van der Waals surface area contributed by atoms with Crippen LogP contribution in [-0.4, -0.2) is 61.0 Å². The first-order valence-electron chi connectivity index (χ1n) is 13.2. The molecule has 0 radical (unpaired) electrons. The van der Waals surface area contributed by atoms with Gasteiger partial charge in [-0.15, -0.1) is 0 Å². The van der Waals surface area contributed by atoms with Crippen molar-refractivity contribution in [2.24, 2.45) is 0 Å². The van der Waals surface area contributed by atoms with Crippen LogP contribution in [0.5, 0.6) is 0 Å². The van der Waals surface area contributed by atoms with E-state index in [-0.39, 0.29) is 5.60 Å². The lowest BCUT2D eigenvalue weighted by Gasteiger charge is -2.58. The quantitative estimate of drug-likeness (QED) is 0.444. The molecule has 1 spiro atoms. The minimum absolute atomic E-state index is 0.233. The summed E-state index contributed by atoms with van der Waals surface area (Å²) in [6.45, 7) is 9.92. The van der Waals surface area contributed by atoms with E-state index in [9.17, 15) is 0 Å². The second-order valence-electron chi connectivity index (χ2n) is 11.4. The number of aryl methyl sites for hydroxylation is 1. The van der Waals surface area contributed by atoms with Crippen molar-refractivity contribution in [3.8, 4) is 11.1 Å². The number of pyridine rings is 1. The predicted octanol–water partition coefficient (Wildman–Crippen LogP) is 5.21. The third kappa shape index (κ3) is 3.43. The molecule has 5 heterocycles. The van der Waals surface area contributed by atoms with Crippen molar-refractivity contribution in [2.75, 3.05) is 19.7 Å². The van der Waals surface area contributed by atoms with Crippen molar-refractivity contribution >= 4 is 16.6 Å². The fraction of sp³-hybridized carbons (Fsp3) is 0.536. The summed E-state index contributed by atoms with van der Waals surface area (Å²) in [5.74, 6) is 0.946. The summed E-state index contributed by atoms with van der Waals surface area (Å²) < 4.78 is 7.72. The number of hydrogen-bond donors (Lipinski definition) is 1. The van der Waals surface area contributed by atoms with E-state index in [0.717, 1.165) is 42.5 Å². The molecule has 3 aromatic heterocycles. The fourth-order valence-corrected chi connectivity index (χ4v) is 6.69. The summed E-state index contributed by atoms with van der Waals surface area (Å²) >= 11 is 0. The van der Waals surface area contributed by atoms with E-state index in [0.29, 0.717) is 11.8 Å². The molecule has 0 bridgehead atoms. The number of hydrogen-bond acceptors (Lipinski definition) is 5. The Morgan fingerprint density at radius 2 is 1.91 bits per heavy atom. The molecule has 1 aromatic carbocycles. The Bertz CT molecular complexity index is 1400. The molecule has 35 heavy (non-hydrogen) atoms. The van der Waals surface area contributed by atoms with Gasteiger partial charge in [0.15, 0.2) is 5.65 Å². The molecule has 4 aromatic rings. The van der Waals surface area contributed by atoms with Gasteiger partial charge in [0.25, 0.3) is 0 Å². The van der Waals surface area contributed by atoms with E-state index in [2.05, 4.69) is 65.2 Å². The van der Waals surface area contributed by atoms with Gasteiger partial charge in [0, 0.05) is 48.6 Å². The van der Waals surface area contributed by atoms with Crippen molar-refractivity contribution in [3.63, 3.8) is 0 Å². The standard InChI is InChI=1S/C28H34N6O/c1-17(2)22-11-24-25(12-23(22)20-10-18(3)27-29-16-30-34(27)13-20)31-32-26(24)19-4-6-21(7-5-19)33-14-28(15-33)8-9-35-28/h10-13,16-17,19,21H,4-9,14-15H2,1-3H3,(H,31,32). The molecule has 1 saturated carbocycles. The van der Waals surface area contributed by atoms with Crippen molar-refractivity contribution < 1.29 is 4.74 Å². The van der Waals surface area contributed by atoms with Crippen LogP contribution in [0.1, 0.15) is 74.6 Å². The maximum absolute atomic E-state index is 5.84. The van der Waals surface area contributed by atoms with Gasteiger partial charge < -0.3 is 4.74 Å². The third-order valence-electron chi connectivity index (χ3n) is 8.80. The van der Waals surface area contributed by atoms with Gasteiger partial charge in [0.1, 0.15) is 6.33 Å². The molecule has 2 saturated heterocycles. The number of fused-ring (bicyclic) bond motifs is 2. The van der Waals surface area contributed by atoms with Gasteiger partial charge in [-0.25, -0.2) is 9.50 Å². The lowest BCUT2D eigenvalue weighted by atomic mass is 9.78. The van der Waals surface area contributed by atoms with E-state index in [1.807, 2.05) is 4.52 Å². The van der Waals surface area contributed by atoms with Gasteiger partial charge in [-0.05, 0) is 73.4 Å². The summed E-state index contributed by atoms with van der Waals surface area (Å²) in [5.41, 5.74) is 8.45. The fourth-order valence-electron chi connectivity index (χ4n) is 6.69. The Hall–Kier alpha value is -2.77. The molecular formula is C28H34N6O. The van der Waals surface area contributed by atoms with Crippen LogP contribution >= 0.6 is 0 Å². The highest BCUT2D eigenvalue weighted by Crippen LogP contribution is 2.43. The predicted molar refractivity (Wildman–Crippen MR) is 137 cm³/mol. The van der Waals surface area contributed by atoms with Gasteiger partial charge >= 0.3 is 0 Å². The van der Waals surface area contributed by atoms with Gasteiger partial charge in [0.2, 0.25) is 0 Å². The van der Waals surface area contributed by atoms with Crippen molar-refractivity contribution in [2.45, 2.75) is 76.4 Å². The molecule has 0 unspecified atom stereocenters. The zero-order valence-electron chi connectivity index (χ0n) is 20.9. The number of benzene rings is 1. The van der Waals surface area contributed by atoms with Crippen LogP contribution in [0.15, 0.2) is 30.7 Å². The molecule has 0 amide bonds. The molecule has 3 aliphatic rings. The van der Waals surface area contributed by atoms with Crippen LogP contribution in [0.4, 0.5) is 0 Å². The third-order valence-corrected chi connectivity index (χ3v) is 8.80. The van der Waals surface area contributed by atoms with Crippen LogP contribution < -0.4 is 0 Å². The highest BCUT2D eigenvalue weighted by molar-refractivity contribution is 5.89. The molecule has 3 fully saturated rings. The normalized spacial score (nSPS) is 24.3. The number of H-pyrrole nitrogens is 1. The molecule has 7 rings (SSSR count). The van der Waals surface area contributed by atoms with E-state index in [1.54, 1.807) is 6.33 Å². The average Bonchev–Trinajstić information content (AvgIpc) is 3.44. The van der Waals surface area contributed by atoms with E-state index >= 15 is 0 Å². The molecular weight excluding hydrogens is 436 g/mol. The molecule has 7 nitrogen and oxygen atoms in total. The minimum Gasteiger partial charge on any atom is -0.372 e. The summed E-state index contributed by atoms with van der Waals surface area (Å²) in [6, 6.07) is 7.64. The highest BCUT2D eigenvalue weighted by Gasteiger charge is 2.51. The van der Waals surface area contributed by atoms with E-state index in [4.69, 9.17) is 9.84 Å². The molecule has 1 N–H and O–H groups in total. The molecule has 0 atom stereocenters. The number of nitrogens with zero attached hydrogens (tertiary/aromatic N) is 5. The van der Waals surface area contributed by atoms with E-state index in [1.165, 1.54) is 59.9 Å². The topological polar surface area (TPSA) is 71.3 Å². The number of rotatable bonds is 4. The van der Waals surface area contributed by atoms with Crippen LogP contribution in [-0.2, 0) is 4.74 Å². The number of likely N-dealkylation sites (tertiary alicyclic amines) is 1. The van der Waals surface area contributed by atoms with Gasteiger partial charge in [0.05, 0.1) is 23.4 Å². The van der Waals surface area contributed by atoms with Crippen LogP contribution in [0, 0.1) is 6.92 Å². The Morgan fingerprint density at radius 3 is 2.63 bits per heavy atom. The molecule has 7 heteroatoms. The average molecular weight is 471 g/mol. The minimum atomic E-state index is 0.233. The molecule has 182 valence electrons. The number of ether oxygens (including phenoxy) is 1. The van der Waals surface area contributed by atoms with E-state index < -0.39 is 0 Å². The molecule has 1 aliphatic carbocycles. The van der Waals surface area contributed by atoms with Crippen molar-refractivity contribution in [3.05, 3.63) is 47.5 Å². The smallest absolute Gasteiger partial charge is 0.158 e. The van der Waals surface area contributed by atoms with Crippen LogP contribution in [0.2, 0.25) is 0 Å². The van der Waals surface area contributed by atoms with Gasteiger partial charge in [-0.1, -0.05) is 13.8 Å². The first-order chi connectivity index (χ1) is 17.0. The highest BCUT2D eigenvalue weighted by atomic mass is 16.5.